The monoisotopic (exact) mass is 200 g/mol. The molecule has 3 unspecified atom stereocenters. The number of hydrogen-bond acceptors (Lipinski definition) is 4. The average molecular weight is 200 g/mol. The van der Waals surface area contributed by atoms with Crippen molar-refractivity contribution in [3.63, 3.8) is 0 Å². The smallest absolute Gasteiger partial charge is 0.0707 e. The summed E-state index contributed by atoms with van der Waals surface area (Å²) in [6.45, 7) is 3.14. The number of rotatable bonds is 4. The van der Waals surface area contributed by atoms with Crippen LogP contribution >= 0.6 is 0 Å². The van der Waals surface area contributed by atoms with E-state index in [1.54, 1.807) is 0 Å². The molecule has 2 heterocycles. The molecule has 0 spiro atoms. The topological polar surface area (TPSA) is 58.7 Å². The van der Waals surface area contributed by atoms with E-state index in [0.717, 1.165) is 19.6 Å². The molecule has 0 amide bonds. The molecule has 2 saturated heterocycles. The maximum Gasteiger partial charge on any atom is 0.0707 e. The molecule has 2 rings (SSSR count). The van der Waals surface area contributed by atoms with Crippen LogP contribution in [0.1, 0.15) is 19.3 Å². The number of aliphatic hydroxyl groups is 1. The van der Waals surface area contributed by atoms with Gasteiger partial charge in [-0.1, -0.05) is 0 Å². The van der Waals surface area contributed by atoms with E-state index in [0.29, 0.717) is 18.6 Å². The Morgan fingerprint density at radius 2 is 2.00 bits per heavy atom. The van der Waals surface area contributed by atoms with Gasteiger partial charge in [0.2, 0.25) is 0 Å². The van der Waals surface area contributed by atoms with Crippen LogP contribution in [0.4, 0.5) is 0 Å². The second kappa shape index (κ2) is 4.57. The molecule has 2 aliphatic heterocycles. The van der Waals surface area contributed by atoms with Crippen molar-refractivity contribution in [1.29, 1.82) is 0 Å². The highest BCUT2D eigenvalue weighted by molar-refractivity contribution is 4.86. The second-order valence-corrected chi connectivity index (χ2v) is 4.45. The van der Waals surface area contributed by atoms with Gasteiger partial charge < -0.3 is 15.6 Å². The van der Waals surface area contributed by atoms with E-state index in [1.807, 2.05) is 0 Å². The highest BCUT2D eigenvalue weighted by atomic mass is 16.5. The minimum atomic E-state index is 0.109. The Morgan fingerprint density at radius 1 is 1.36 bits per heavy atom. The molecule has 82 valence electrons. The quantitative estimate of drug-likeness (QED) is 0.646. The summed E-state index contributed by atoms with van der Waals surface area (Å²) in [5, 5.41) is 8.76. The Bertz CT molecular complexity index is 177. The van der Waals surface area contributed by atoms with Gasteiger partial charge in [-0.3, -0.25) is 4.90 Å². The van der Waals surface area contributed by atoms with E-state index in [-0.39, 0.29) is 12.6 Å². The van der Waals surface area contributed by atoms with Crippen molar-refractivity contribution in [2.45, 2.75) is 37.5 Å². The summed E-state index contributed by atoms with van der Waals surface area (Å²) in [5.74, 6) is 0. The van der Waals surface area contributed by atoms with Crippen molar-refractivity contribution in [2.75, 3.05) is 26.2 Å². The first-order valence-corrected chi connectivity index (χ1v) is 5.52. The lowest BCUT2D eigenvalue weighted by Gasteiger charge is -2.33. The fourth-order valence-corrected chi connectivity index (χ4v) is 2.44. The predicted molar refractivity (Wildman–Crippen MR) is 54.0 cm³/mol. The van der Waals surface area contributed by atoms with E-state index in [9.17, 15) is 0 Å². The minimum absolute atomic E-state index is 0.109. The van der Waals surface area contributed by atoms with Crippen molar-refractivity contribution in [3.05, 3.63) is 0 Å². The number of nitrogens with two attached hydrogens (primary N) is 1. The molecule has 0 radical (unpaired) electrons. The van der Waals surface area contributed by atoms with E-state index >= 15 is 0 Å². The zero-order valence-electron chi connectivity index (χ0n) is 8.56. The molecule has 2 fully saturated rings. The molecule has 3 atom stereocenters. The minimum Gasteiger partial charge on any atom is -0.396 e. The van der Waals surface area contributed by atoms with Crippen LogP contribution in [-0.2, 0) is 4.74 Å². The van der Waals surface area contributed by atoms with Crippen LogP contribution in [-0.4, -0.2) is 54.5 Å². The number of fused-ring (bicyclic) bond motifs is 2. The first-order chi connectivity index (χ1) is 6.78. The van der Waals surface area contributed by atoms with E-state index in [4.69, 9.17) is 15.6 Å². The highest BCUT2D eigenvalue weighted by Gasteiger charge is 2.33. The molecule has 0 aromatic heterocycles. The van der Waals surface area contributed by atoms with Gasteiger partial charge in [0.1, 0.15) is 0 Å². The summed E-state index contributed by atoms with van der Waals surface area (Å²) < 4.78 is 5.74. The highest BCUT2D eigenvalue weighted by Crippen LogP contribution is 2.26. The Balaban J connectivity index is 1.76. The van der Waals surface area contributed by atoms with E-state index < -0.39 is 0 Å². The van der Waals surface area contributed by atoms with Crippen molar-refractivity contribution in [2.24, 2.45) is 5.73 Å². The number of ether oxygens (including phenoxy) is 1. The fraction of sp³-hybridized carbons (Fsp3) is 1.00. The van der Waals surface area contributed by atoms with E-state index in [2.05, 4.69) is 4.90 Å². The van der Waals surface area contributed by atoms with Gasteiger partial charge in [0, 0.05) is 32.3 Å². The molecule has 4 nitrogen and oxygen atoms in total. The van der Waals surface area contributed by atoms with Crippen LogP contribution in [0, 0.1) is 0 Å². The molecule has 0 aromatic carbocycles. The SMILES string of the molecule is NC(CCO)CN1CC2CCC(C1)O2. The summed E-state index contributed by atoms with van der Waals surface area (Å²) in [7, 11) is 0. The number of aliphatic hydroxyl groups excluding tert-OH is 1. The molecule has 4 heteroatoms. The number of nitrogens with zero attached hydrogens (tertiary/aromatic N) is 1. The van der Waals surface area contributed by atoms with Gasteiger partial charge in [-0.05, 0) is 19.3 Å². The Morgan fingerprint density at radius 3 is 2.57 bits per heavy atom. The molecular formula is C10H20N2O2. The third-order valence-corrected chi connectivity index (χ3v) is 3.11. The van der Waals surface area contributed by atoms with Crippen LogP contribution in [0.2, 0.25) is 0 Å². The van der Waals surface area contributed by atoms with Crippen molar-refractivity contribution >= 4 is 0 Å². The van der Waals surface area contributed by atoms with Crippen LogP contribution in [0.15, 0.2) is 0 Å². The molecule has 14 heavy (non-hydrogen) atoms. The molecule has 2 aliphatic rings. The predicted octanol–water partition coefficient (Wildman–Crippen LogP) is -0.441. The van der Waals surface area contributed by atoms with Crippen LogP contribution in [0.25, 0.3) is 0 Å². The third kappa shape index (κ3) is 2.45. The third-order valence-electron chi connectivity index (χ3n) is 3.11. The van der Waals surface area contributed by atoms with Gasteiger partial charge in [0.05, 0.1) is 12.2 Å². The van der Waals surface area contributed by atoms with Crippen LogP contribution in [0.3, 0.4) is 0 Å². The Labute approximate surface area is 85.0 Å². The van der Waals surface area contributed by atoms with Gasteiger partial charge >= 0.3 is 0 Å². The van der Waals surface area contributed by atoms with Crippen molar-refractivity contribution in [3.8, 4) is 0 Å². The first kappa shape index (κ1) is 10.4. The molecule has 3 N–H and O–H groups in total. The molecule has 0 saturated carbocycles. The zero-order valence-corrected chi connectivity index (χ0v) is 8.56. The zero-order chi connectivity index (χ0) is 9.97. The Hall–Kier alpha value is -0.160. The standard InChI is InChI=1S/C10H20N2O2/c11-8(3-4-13)5-12-6-9-1-2-10(7-12)14-9/h8-10,13H,1-7,11H2. The second-order valence-electron chi connectivity index (χ2n) is 4.45. The molecular weight excluding hydrogens is 180 g/mol. The van der Waals surface area contributed by atoms with Gasteiger partial charge in [0.15, 0.2) is 0 Å². The molecule has 0 aromatic rings. The number of hydrogen-bond donors (Lipinski definition) is 2. The lowest BCUT2D eigenvalue weighted by molar-refractivity contribution is -0.0400. The summed E-state index contributed by atoms with van der Waals surface area (Å²) >= 11 is 0. The maximum atomic E-state index is 8.76. The molecule has 2 bridgehead atoms. The van der Waals surface area contributed by atoms with Gasteiger partial charge in [-0.15, -0.1) is 0 Å². The summed E-state index contributed by atoms with van der Waals surface area (Å²) in [4.78, 5) is 2.38. The first-order valence-electron chi connectivity index (χ1n) is 5.52. The number of morpholine rings is 1. The largest absolute Gasteiger partial charge is 0.396 e. The normalized spacial score (nSPS) is 34.7. The summed E-state index contributed by atoms with van der Waals surface area (Å²) in [6, 6.07) is 0.109. The maximum absolute atomic E-state index is 8.76. The van der Waals surface area contributed by atoms with E-state index in [1.165, 1.54) is 12.8 Å². The van der Waals surface area contributed by atoms with Crippen molar-refractivity contribution < 1.29 is 9.84 Å². The number of likely N-dealkylation sites (tertiary alicyclic amines) is 1. The van der Waals surface area contributed by atoms with Crippen molar-refractivity contribution in [1.82, 2.24) is 4.90 Å². The lowest BCUT2D eigenvalue weighted by atomic mass is 10.2. The lowest BCUT2D eigenvalue weighted by Crippen LogP contribution is -2.47. The van der Waals surface area contributed by atoms with Crippen LogP contribution < -0.4 is 5.73 Å². The molecule has 0 aliphatic carbocycles. The Kier molecular flexibility index (Phi) is 3.38. The van der Waals surface area contributed by atoms with Crippen LogP contribution in [0.5, 0.6) is 0 Å². The average Bonchev–Trinajstić information content (AvgIpc) is 2.46. The van der Waals surface area contributed by atoms with Gasteiger partial charge in [-0.25, -0.2) is 0 Å². The fourth-order valence-electron chi connectivity index (χ4n) is 2.44. The summed E-state index contributed by atoms with van der Waals surface area (Å²) in [6.07, 6.45) is 3.99. The van der Waals surface area contributed by atoms with Gasteiger partial charge in [-0.2, -0.15) is 0 Å². The van der Waals surface area contributed by atoms with Gasteiger partial charge in [0.25, 0.3) is 0 Å². The summed E-state index contributed by atoms with van der Waals surface area (Å²) in [5.41, 5.74) is 5.88.